The van der Waals surface area contributed by atoms with Crippen LogP contribution in [-0.4, -0.2) is 23.5 Å². The third kappa shape index (κ3) is 2.37. The second-order valence-electron chi connectivity index (χ2n) is 6.43. The summed E-state index contributed by atoms with van der Waals surface area (Å²) in [6, 6.07) is 1.86. The highest BCUT2D eigenvalue weighted by Gasteiger charge is 2.65. The fourth-order valence-electron chi connectivity index (χ4n) is 2.66. The van der Waals surface area contributed by atoms with Crippen molar-refractivity contribution in [1.82, 2.24) is 10.3 Å². The molecule has 1 saturated carbocycles. The summed E-state index contributed by atoms with van der Waals surface area (Å²) < 4.78 is 0. The molecule has 1 fully saturated rings. The van der Waals surface area contributed by atoms with Gasteiger partial charge in [0.25, 0.3) is 5.91 Å². The first-order valence-corrected chi connectivity index (χ1v) is 7.30. The smallest absolute Gasteiger partial charge is 0.253 e. The first-order valence-electron chi connectivity index (χ1n) is 6.92. The molecule has 110 valence electrons. The molecule has 0 bridgehead atoms. The van der Waals surface area contributed by atoms with Crippen LogP contribution >= 0.6 is 11.6 Å². The van der Waals surface area contributed by atoms with Gasteiger partial charge >= 0.3 is 0 Å². The fraction of sp³-hybridized carbons (Fsp3) is 0.600. The number of anilines is 1. The number of carbonyl (C=O) groups excluding carboxylic acids is 1. The number of rotatable bonds is 4. The third-order valence-corrected chi connectivity index (χ3v) is 5.06. The van der Waals surface area contributed by atoms with Crippen LogP contribution in [0, 0.1) is 10.8 Å². The Morgan fingerprint density at radius 1 is 1.35 bits per heavy atom. The van der Waals surface area contributed by atoms with Crippen molar-refractivity contribution < 1.29 is 4.79 Å². The molecule has 4 nitrogen and oxygen atoms in total. The average Bonchev–Trinajstić information content (AvgIpc) is 2.74. The normalized spacial score (nSPS) is 19.5. The zero-order chi connectivity index (χ0) is 15.1. The molecule has 2 rings (SSSR count). The first kappa shape index (κ1) is 15.1. The Labute approximate surface area is 125 Å². The molecule has 1 aliphatic carbocycles. The standard InChI is InChI=1S/C15H22ClN3O/c1-6-17-11-7-9(10(16)8-18-11)12(20)19-13-14(2,3)15(13,4)5/h7-8,13H,6H2,1-5H3,(H,17,18)(H,19,20). The molecular weight excluding hydrogens is 274 g/mol. The Kier molecular flexibility index (Phi) is 3.71. The molecule has 2 N–H and O–H groups in total. The predicted octanol–water partition coefficient (Wildman–Crippen LogP) is 3.33. The van der Waals surface area contributed by atoms with Crippen LogP contribution in [0.2, 0.25) is 5.02 Å². The summed E-state index contributed by atoms with van der Waals surface area (Å²) in [7, 11) is 0. The molecule has 5 heteroatoms. The molecule has 1 heterocycles. The maximum Gasteiger partial charge on any atom is 0.253 e. The van der Waals surface area contributed by atoms with Crippen molar-refractivity contribution in [3.05, 3.63) is 22.8 Å². The highest BCUT2D eigenvalue weighted by Crippen LogP contribution is 2.62. The van der Waals surface area contributed by atoms with Gasteiger partial charge in [0.1, 0.15) is 5.82 Å². The number of amides is 1. The summed E-state index contributed by atoms with van der Waals surface area (Å²) >= 11 is 6.09. The van der Waals surface area contributed by atoms with E-state index in [1.807, 2.05) is 6.92 Å². The first-order chi connectivity index (χ1) is 9.21. The average molecular weight is 296 g/mol. The molecule has 1 aromatic rings. The van der Waals surface area contributed by atoms with Crippen molar-refractivity contribution >= 4 is 23.3 Å². The Balaban J connectivity index is 2.16. The Hall–Kier alpha value is -1.29. The van der Waals surface area contributed by atoms with Crippen LogP contribution in [0.15, 0.2) is 12.3 Å². The van der Waals surface area contributed by atoms with Crippen molar-refractivity contribution in [3.63, 3.8) is 0 Å². The highest BCUT2D eigenvalue weighted by molar-refractivity contribution is 6.33. The van der Waals surface area contributed by atoms with E-state index < -0.39 is 0 Å². The van der Waals surface area contributed by atoms with Crippen LogP contribution in [0.5, 0.6) is 0 Å². The SMILES string of the molecule is CCNc1cc(C(=O)NC2C(C)(C)C2(C)C)c(Cl)cn1. The Morgan fingerprint density at radius 2 is 1.95 bits per heavy atom. The fourth-order valence-corrected chi connectivity index (χ4v) is 2.85. The van der Waals surface area contributed by atoms with Gasteiger partial charge in [0.15, 0.2) is 0 Å². The summed E-state index contributed by atoms with van der Waals surface area (Å²) in [5, 5.41) is 6.54. The number of aromatic nitrogens is 1. The van der Waals surface area contributed by atoms with Gasteiger partial charge in [-0.05, 0) is 23.8 Å². The topological polar surface area (TPSA) is 54.0 Å². The Bertz CT molecular complexity index is 526. The molecule has 0 unspecified atom stereocenters. The summed E-state index contributed by atoms with van der Waals surface area (Å²) in [5.74, 6) is 0.525. The molecule has 20 heavy (non-hydrogen) atoms. The molecule has 1 aromatic heterocycles. The summed E-state index contributed by atoms with van der Waals surface area (Å²) in [4.78, 5) is 16.5. The zero-order valence-electron chi connectivity index (χ0n) is 12.7. The lowest BCUT2D eigenvalue weighted by Gasteiger charge is -2.10. The van der Waals surface area contributed by atoms with Crippen LogP contribution in [0.1, 0.15) is 45.0 Å². The molecule has 0 saturated heterocycles. The number of carbonyl (C=O) groups is 1. The van der Waals surface area contributed by atoms with Gasteiger partial charge in [-0.1, -0.05) is 39.3 Å². The van der Waals surface area contributed by atoms with Gasteiger partial charge in [-0.25, -0.2) is 4.98 Å². The van der Waals surface area contributed by atoms with Gasteiger partial charge in [0, 0.05) is 18.8 Å². The van der Waals surface area contributed by atoms with E-state index in [9.17, 15) is 4.79 Å². The van der Waals surface area contributed by atoms with E-state index >= 15 is 0 Å². The monoisotopic (exact) mass is 295 g/mol. The summed E-state index contributed by atoms with van der Waals surface area (Å²) in [5.41, 5.74) is 0.676. The van der Waals surface area contributed by atoms with Gasteiger partial charge < -0.3 is 10.6 Å². The lowest BCUT2D eigenvalue weighted by Crippen LogP contribution is -2.30. The third-order valence-electron chi connectivity index (χ3n) is 4.75. The van der Waals surface area contributed by atoms with Crippen LogP contribution < -0.4 is 10.6 Å². The second-order valence-corrected chi connectivity index (χ2v) is 6.84. The van der Waals surface area contributed by atoms with E-state index in [2.05, 4.69) is 43.3 Å². The largest absolute Gasteiger partial charge is 0.370 e. The van der Waals surface area contributed by atoms with Crippen LogP contribution in [0.4, 0.5) is 5.82 Å². The predicted molar refractivity (Wildman–Crippen MR) is 82.2 cm³/mol. The van der Waals surface area contributed by atoms with Crippen molar-refractivity contribution in [2.24, 2.45) is 10.8 Å². The minimum atomic E-state index is -0.139. The van der Waals surface area contributed by atoms with Crippen molar-refractivity contribution in [2.75, 3.05) is 11.9 Å². The van der Waals surface area contributed by atoms with Crippen LogP contribution in [0.25, 0.3) is 0 Å². The molecule has 0 spiro atoms. The molecule has 0 aromatic carbocycles. The maximum atomic E-state index is 12.4. The molecule has 0 atom stereocenters. The molecule has 0 radical (unpaired) electrons. The minimum Gasteiger partial charge on any atom is -0.370 e. The second kappa shape index (κ2) is 4.92. The lowest BCUT2D eigenvalue weighted by atomic mass is 10.0. The number of hydrogen-bond acceptors (Lipinski definition) is 3. The van der Waals surface area contributed by atoms with E-state index in [1.165, 1.54) is 6.20 Å². The zero-order valence-corrected chi connectivity index (χ0v) is 13.4. The van der Waals surface area contributed by atoms with Gasteiger partial charge in [0.05, 0.1) is 10.6 Å². The van der Waals surface area contributed by atoms with E-state index in [1.54, 1.807) is 6.07 Å². The van der Waals surface area contributed by atoms with Crippen molar-refractivity contribution in [1.29, 1.82) is 0 Å². The molecule has 1 amide bonds. The van der Waals surface area contributed by atoms with E-state index in [4.69, 9.17) is 11.6 Å². The number of nitrogens with zero attached hydrogens (tertiary/aromatic N) is 1. The van der Waals surface area contributed by atoms with E-state index in [0.29, 0.717) is 16.4 Å². The highest BCUT2D eigenvalue weighted by atomic mass is 35.5. The molecular formula is C15H22ClN3O. The summed E-state index contributed by atoms with van der Waals surface area (Å²) in [6.45, 7) is 11.4. The van der Waals surface area contributed by atoms with Gasteiger partial charge in [-0.3, -0.25) is 4.79 Å². The number of nitrogens with one attached hydrogen (secondary N) is 2. The van der Waals surface area contributed by atoms with Crippen molar-refractivity contribution in [3.8, 4) is 0 Å². The van der Waals surface area contributed by atoms with E-state index in [-0.39, 0.29) is 22.8 Å². The van der Waals surface area contributed by atoms with Crippen LogP contribution in [-0.2, 0) is 0 Å². The van der Waals surface area contributed by atoms with Gasteiger partial charge in [-0.2, -0.15) is 0 Å². The van der Waals surface area contributed by atoms with Gasteiger partial charge in [0.2, 0.25) is 0 Å². The number of halogens is 1. The lowest BCUT2D eigenvalue weighted by molar-refractivity contribution is 0.0943. The van der Waals surface area contributed by atoms with Crippen LogP contribution in [0.3, 0.4) is 0 Å². The number of pyridine rings is 1. The Morgan fingerprint density at radius 3 is 2.45 bits per heavy atom. The van der Waals surface area contributed by atoms with Gasteiger partial charge in [-0.15, -0.1) is 0 Å². The van der Waals surface area contributed by atoms with E-state index in [0.717, 1.165) is 6.54 Å². The summed E-state index contributed by atoms with van der Waals surface area (Å²) in [6.07, 6.45) is 1.51. The quantitative estimate of drug-likeness (QED) is 0.896. The van der Waals surface area contributed by atoms with Crippen molar-refractivity contribution in [2.45, 2.75) is 40.7 Å². The maximum absolute atomic E-state index is 12.4. The molecule has 0 aliphatic heterocycles. The number of hydrogen-bond donors (Lipinski definition) is 2. The molecule has 1 aliphatic rings. The minimum absolute atomic E-state index is 0.104.